The van der Waals surface area contributed by atoms with Crippen LogP contribution < -0.4 is 0 Å². The fourth-order valence-electron chi connectivity index (χ4n) is 6.46. The molecule has 8 aromatic carbocycles. The van der Waals surface area contributed by atoms with Crippen LogP contribution >= 0.6 is 0 Å². The van der Waals surface area contributed by atoms with Crippen LogP contribution in [0.5, 0.6) is 0 Å². The predicted octanol–water partition coefficient (Wildman–Crippen LogP) is 11.7. The molecule has 0 amide bonds. The zero-order valence-electron chi connectivity index (χ0n) is 26.1. The van der Waals surface area contributed by atoms with Crippen molar-refractivity contribution in [3.05, 3.63) is 176 Å². The zero-order valence-corrected chi connectivity index (χ0v) is 26.1. The van der Waals surface area contributed by atoms with Crippen molar-refractivity contribution in [1.82, 2.24) is 15.0 Å². The summed E-state index contributed by atoms with van der Waals surface area (Å²) in [5.41, 5.74) is 7.59. The molecule has 0 atom stereocenters. The average molecular weight is 612 g/mol. The summed E-state index contributed by atoms with van der Waals surface area (Å²) in [6.07, 6.45) is 0. The van der Waals surface area contributed by atoms with Crippen LogP contribution in [-0.4, -0.2) is 15.0 Å². The minimum absolute atomic E-state index is 0.649. The Morgan fingerprint density at radius 3 is 1.06 bits per heavy atom. The van der Waals surface area contributed by atoms with Gasteiger partial charge in [-0.05, 0) is 78.8 Å². The molecule has 9 rings (SSSR count). The van der Waals surface area contributed by atoms with Crippen LogP contribution in [0.4, 0.5) is 0 Å². The van der Waals surface area contributed by atoms with Gasteiger partial charge in [0, 0.05) is 16.7 Å². The predicted molar refractivity (Wildman–Crippen MR) is 200 cm³/mol. The number of benzene rings is 8. The van der Waals surface area contributed by atoms with Crippen molar-refractivity contribution in [3.63, 3.8) is 0 Å². The van der Waals surface area contributed by atoms with Gasteiger partial charge in [-0.25, -0.2) is 15.0 Å². The van der Waals surface area contributed by atoms with Gasteiger partial charge in [-0.15, -0.1) is 0 Å². The van der Waals surface area contributed by atoms with Crippen molar-refractivity contribution < 1.29 is 0 Å². The molecule has 0 N–H and O–H groups in total. The molecule has 0 unspecified atom stereocenters. The normalized spacial score (nSPS) is 11.3. The Kier molecular flexibility index (Phi) is 6.80. The summed E-state index contributed by atoms with van der Waals surface area (Å²) in [7, 11) is 0. The van der Waals surface area contributed by atoms with Crippen LogP contribution in [0.2, 0.25) is 0 Å². The first kappa shape index (κ1) is 27.8. The molecule has 0 saturated heterocycles. The highest BCUT2D eigenvalue weighted by Gasteiger charge is 2.13. The SMILES string of the molecule is c1ccc(-c2nc(-c3ccc(-c4ccc5ccccc5c4)cc3)nc(-c3ccc4cc(-c5ccc6ccccc6c5)ccc4c3)n2)cc1. The molecule has 0 saturated carbocycles. The maximum absolute atomic E-state index is 5.02. The molecule has 9 aromatic rings. The highest BCUT2D eigenvalue weighted by atomic mass is 15.0. The molecule has 0 spiro atoms. The molecular weight excluding hydrogens is 583 g/mol. The first-order valence-electron chi connectivity index (χ1n) is 16.2. The van der Waals surface area contributed by atoms with Crippen LogP contribution in [-0.2, 0) is 0 Å². The minimum Gasteiger partial charge on any atom is -0.208 e. The van der Waals surface area contributed by atoms with E-state index in [-0.39, 0.29) is 0 Å². The van der Waals surface area contributed by atoms with Crippen LogP contribution in [0.15, 0.2) is 176 Å². The fourth-order valence-corrected chi connectivity index (χ4v) is 6.46. The van der Waals surface area contributed by atoms with Crippen LogP contribution in [0.1, 0.15) is 0 Å². The summed E-state index contributed by atoms with van der Waals surface area (Å²) in [5.74, 6) is 1.95. The smallest absolute Gasteiger partial charge is 0.164 e. The largest absolute Gasteiger partial charge is 0.208 e. The van der Waals surface area contributed by atoms with Crippen LogP contribution in [0.3, 0.4) is 0 Å². The van der Waals surface area contributed by atoms with Gasteiger partial charge in [0.1, 0.15) is 0 Å². The second kappa shape index (κ2) is 11.7. The van der Waals surface area contributed by atoms with E-state index in [9.17, 15) is 0 Å². The third-order valence-electron chi connectivity index (χ3n) is 9.07. The lowest BCUT2D eigenvalue weighted by molar-refractivity contribution is 1.07. The maximum atomic E-state index is 5.02. The molecule has 224 valence electrons. The highest BCUT2D eigenvalue weighted by Crippen LogP contribution is 2.32. The summed E-state index contributed by atoms with van der Waals surface area (Å²) in [5, 5.41) is 7.27. The maximum Gasteiger partial charge on any atom is 0.164 e. The molecule has 0 aliphatic carbocycles. The molecule has 0 fully saturated rings. The van der Waals surface area contributed by atoms with Crippen molar-refractivity contribution in [3.8, 4) is 56.4 Å². The Morgan fingerprint density at radius 2 is 0.521 bits per heavy atom. The number of hydrogen-bond donors (Lipinski definition) is 0. The average Bonchev–Trinajstić information content (AvgIpc) is 3.17. The van der Waals surface area contributed by atoms with Gasteiger partial charge < -0.3 is 0 Å². The Labute approximate surface area is 278 Å². The van der Waals surface area contributed by atoms with Crippen LogP contribution in [0.25, 0.3) is 88.7 Å². The van der Waals surface area contributed by atoms with E-state index in [1.807, 2.05) is 30.3 Å². The topological polar surface area (TPSA) is 38.7 Å². The van der Waals surface area contributed by atoms with E-state index in [4.69, 9.17) is 15.0 Å². The summed E-state index contributed by atoms with van der Waals surface area (Å²) < 4.78 is 0. The lowest BCUT2D eigenvalue weighted by atomic mass is 9.98. The number of rotatable bonds is 5. The van der Waals surface area contributed by atoms with E-state index in [2.05, 4.69) is 146 Å². The molecule has 1 aromatic heterocycles. The van der Waals surface area contributed by atoms with Crippen molar-refractivity contribution in [2.45, 2.75) is 0 Å². The second-order valence-corrected chi connectivity index (χ2v) is 12.2. The molecule has 0 aliphatic rings. The van der Waals surface area contributed by atoms with Gasteiger partial charge in [0.15, 0.2) is 17.5 Å². The lowest BCUT2D eigenvalue weighted by Crippen LogP contribution is -2.00. The number of hydrogen-bond acceptors (Lipinski definition) is 3. The molecule has 3 heteroatoms. The first-order chi connectivity index (χ1) is 23.7. The van der Waals surface area contributed by atoms with Crippen molar-refractivity contribution in [2.75, 3.05) is 0 Å². The van der Waals surface area contributed by atoms with E-state index in [0.29, 0.717) is 17.5 Å². The Hall–Kier alpha value is -6.45. The van der Waals surface area contributed by atoms with E-state index < -0.39 is 0 Å². The van der Waals surface area contributed by atoms with Gasteiger partial charge in [-0.2, -0.15) is 0 Å². The molecule has 3 nitrogen and oxygen atoms in total. The van der Waals surface area contributed by atoms with Gasteiger partial charge in [0.2, 0.25) is 0 Å². The Balaban J connectivity index is 1.09. The first-order valence-corrected chi connectivity index (χ1v) is 16.2. The highest BCUT2D eigenvalue weighted by molar-refractivity contribution is 5.93. The third-order valence-corrected chi connectivity index (χ3v) is 9.07. The van der Waals surface area contributed by atoms with Gasteiger partial charge in [0.05, 0.1) is 0 Å². The summed E-state index contributed by atoms with van der Waals surface area (Å²) in [6, 6.07) is 61.9. The molecular formula is C45H29N3. The second-order valence-electron chi connectivity index (χ2n) is 12.2. The molecule has 0 radical (unpaired) electrons. The van der Waals surface area contributed by atoms with Crippen molar-refractivity contribution >= 4 is 32.3 Å². The van der Waals surface area contributed by atoms with Crippen LogP contribution in [0, 0.1) is 0 Å². The summed E-state index contributed by atoms with van der Waals surface area (Å²) in [4.78, 5) is 14.9. The number of aromatic nitrogens is 3. The Morgan fingerprint density at radius 1 is 0.208 bits per heavy atom. The van der Waals surface area contributed by atoms with E-state index >= 15 is 0 Å². The molecule has 1 heterocycles. The fraction of sp³-hybridized carbons (Fsp3) is 0. The van der Waals surface area contributed by atoms with Gasteiger partial charge in [-0.1, -0.05) is 152 Å². The lowest BCUT2D eigenvalue weighted by Gasteiger charge is -2.10. The zero-order chi connectivity index (χ0) is 31.9. The van der Waals surface area contributed by atoms with Gasteiger partial charge in [0.25, 0.3) is 0 Å². The van der Waals surface area contributed by atoms with E-state index in [1.54, 1.807) is 0 Å². The third kappa shape index (κ3) is 5.28. The quantitative estimate of drug-likeness (QED) is 0.194. The summed E-state index contributed by atoms with van der Waals surface area (Å²) in [6.45, 7) is 0. The molecule has 48 heavy (non-hydrogen) atoms. The van der Waals surface area contributed by atoms with E-state index in [1.165, 1.54) is 43.6 Å². The number of fused-ring (bicyclic) bond motifs is 3. The van der Waals surface area contributed by atoms with Gasteiger partial charge >= 0.3 is 0 Å². The van der Waals surface area contributed by atoms with Gasteiger partial charge in [-0.3, -0.25) is 0 Å². The van der Waals surface area contributed by atoms with Crippen molar-refractivity contribution in [1.29, 1.82) is 0 Å². The van der Waals surface area contributed by atoms with E-state index in [0.717, 1.165) is 27.6 Å². The molecule has 0 bridgehead atoms. The minimum atomic E-state index is 0.649. The number of nitrogens with zero attached hydrogens (tertiary/aromatic N) is 3. The standard InChI is InChI=1S/C45H29N3/c1-2-10-33(11-3-1)43-46-44(34-18-14-32(15-19-34)37-20-16-30-8-4-6-12-35(30)26-37)48-45(47-43)42-25-24-40-28-39(22-23-41(40)29-42)38-21-17-31-9-5-7-13-36(31)27-38/h1-29H. The molecule has 0 aliphatic heterocycles. The van der Waals surface area contributed by atoms with Crippen molar-refractivity contribution in [2.24, 2.45) is 0 Å². The summed E-state index contributed by atoms with van der Waals surface area (Å²) >= 11 is 0. The monoisotopic (exact) mass is 611 g/mol. The Bertz CT molecular complexity index is 2610.